The highest BCUT2D eigenvalue weighted by atomic mass is 35.5. The molecule has 120 valence electrons. The third-order valence-electron chi connectivity index (χ3n) is 3.26. The summed E-state index contributed by atoms with van der Waals surface area (Å²) in [5, 5.41) is 4.39. The highest BCUT2D eigenvalue weighted by Crippen LogP contribution is 2.31. The maximum atomic E-state index is 12.1. The van der Waals surface area contributed by atoms with Crippen molar-refractivity contribution in [3.63, 3.8) is 0 Å². The molecule has 0 aromatic heterocycles. The lowest BCUT2D eigenvalue weighted by atomic mass is 10.1. The molecule has 0 saturated heterocycles. The molecule has 1 N–H and O–H groups in total. The monoisotopic (exact) mass is 332 g/mol. The van der Waals surface area contributed by atoms with E-state index < -0.39 is 0 Å². The van der Waals surface area contributed by atoms with Gasteiger partial charge in [-0.1, -0.05) is 29.8 Å². The second kappa shape index (κ2) is 7.65. The lowest BCUT2D eigenvalue weighted by Crippen LogP contribution is -2.18. The number of hydrogen-bond donors (Lipinski definition) is 1. The van der Waals surface area contributed by atoms with E-state index in [1.165, 1.54) is 20.4 Å². The zero-order valence-electron chi connectivity index (χ0n) is 13.1. The minimum atomic E-state index is -0.280. The van der Waals surface area contributed by atoms with Gasteiger partial charge in [0.2, 0.25) is 0 Å². The van der Waals surface area contributed by atoms with Gasteiger partial charge in [0.1, 0.15) is 11.5 Å². The predicted octanol–water partition coefficient (Wildman–Crippen LogP) is 3.43. The quantitative estimate of drug-likeness (QED) is 0.674. The van der Waals surface area contributed by atoms with Crippen LogP contribution in [0.3, 0.4) is 0 Å². The summed E-state index contributed by atoms with van der Waals surface area (Å²) in [6.07, 6.45) is 1.47. The third-order valence-corrected chi connectivity index (χ3v) is 3.56. The van der Waals surface area contributed by atoms with Gasteiger partial charge in [-0.3, -0.25) is 4.79 Å². The lowest BCUT2D eigenvalue weighted by molar-refractivity contribution is 0.0954. The van der Waals surface area contributed by atoms with Gasteiger partial charge >= 0.3 is 0 Å². The van der Waals surface area contributed by atoms with Crippen molar-refractivity contribution in [1.29, 1.82) is 0 Å². The molecule has 0 fully saturated rings. The van der Waals surface area contributed by atoms with Crippen LogP contribution in [0.15, 0.2) is 41.5 Å². The van der Waals surface area contributed by atoms with E-state index in [4.69, 9.17) is 21.1 Å². The Bertz CT molecular complexity index is 745. The molecule has 0 atom stereocenters. The van der Waals surface area contributed by atoms with Gasteiger partial charge in [-0.2, -0.15) is 5.10 Å². The molecule has 0 heterocycles. The first kappa shape index (κ1) is 16.8. The number of hydrazone groups is 1. The molecule has 0 spiro atoms. The lowest BCUT2D eigenvalue weighted by Gasteiger charge is -2.09. The molecule has 0 aliphatic carbocycles. The molecule has 6 heteroatoms. The normalized spacial score (nSPS) is 10.6. The Morgan fingerprint density at radius 1 is 1.17 bits per heavy atom. The van der Waals surface area contributed by atoms with Crippen molar-refractivity contribution in [3.8, 4) is 11.5 Å². The fraction of sp³-hybridized carbons (Fsp3) is 0.176. The first-order valence-corrected chi connectivity index (χ1v) is 7.25. The van der Waals surface area contributed by atoms with E-state index in [1.807, 2.05) is 19.1 Å². The molecular weight excluding hydrogens is 316 g/mol. The molecule has 2 rings (SSSR count). The highest BCUT2D eigenvalue weighted by Gasteiger charge is 2.09. The van der Waals surface area contributed by atoms with Gasteiger partial charge in [0, 0.05) is 17.2 Å². The molecule has 0 aliphatic rings. The van der Waals surface area contributed by atoms with Crippen molar-refractivity contribution in [3.05, 3.63) is 58.1 Å². The summed E-state index contributed by atoms with van der Waals surface area (Å²) in [5.41, 5.74) is 4.57. The Kier molecular flexibility index (Phi) is 5.60. The molecule has 0 aliphatic heterocycles. The van der Waals surface area contributed by atoms with Crippen LogP contribution in [0, 0.1) is 6.92 Å². The van der Waals surface area contributed by atoms with E-state index in [9.17, 15) is 4.79 Å². The minimum absolute atomic E-state index is 0.280. The van der Waals surface area contributed by atoms with E-state index >= 15 is 0 Å². The second-order valence-electron chi connectivity index (χ2n) is 4.74. The number of ether oxygens (including phenoxy) is 2. The van der Waals surface area contributed by atoms with Crippen molar-refractivity contribution < 1.29 is 14.3 Å². The standard InChI is InChI=1S/C17H17ClN2O3/c1-11-6-4-5-7-13(11)17(21)20-19-10-12-8-14(18)16(23-3)9-15(12)22-2/h4-10H,1-3H3,(H,20,21)/b19-10-. The van der Waals surface area contributed by atoms with Crippen molar-refractivity contribution in [1.82, 2.24) is 5.43 Å². The summed E-state index contributed by atoms with van der Waals surface area (Å²) in [6, 6.07) is 10.6. The van der Waals surface area contributed by atoms with Gasteiger partial charge in [-0.15, -0.1) is 0 Å². The molecule has 2 aromatic carbocycles. The van der Waals surface area contributed by atoms with Crippen molar-refractivity contribution >= 4 is 23.7 Å². The number of benzene rings is 2. The number of amides is 1. The average molecular weight is 333 g/mol. The summed E-state index contributed by atoms with van der Waals surface area (Å²) in [7, 11) is 3.06. The van der Waals surface area contributed by atoms with E-state index in [2.05, 4.69) is 10.5 Å². The number of nitrogens with zero attached hydrogens (tertiary/aromatic N) is 1. The molecule has 0 radical (unpaired) electrons. The van der Waals surface area contributed by atoms with Gasteiger partial charge in [-0.05, 0) is 24.6 Å². The Balaban J connectivity index is 2.16. The Hall–Kier alpha value is -2.53. The average Bonchev–Trinajstić information content (AvgIpc) is 2.55. The maximum absolute atomic E-state index is 12.1. The Morgan fingerprint density at radius 3 is 2.52 bits per heavy atom. The van der Waals surface area contributed by atoms with E-state index in [0.29, 0.717) is 27.6 Å². The number of hydrogen-bond acceptors (Lipinski definition) is 4. The number of rotatable bonds is 5. The van der Waals surface area contributed by atoms with Crippen LogP contribution in [0.2, 0.25) is 5.02 Å². The molecule has 0 bridgehead atoms. The van der Waals surface area contributed by atoms with Crippen LogP contribution in [-0.2, 0) is 0 Å². The zero-order valence-corrected chi connectivity index (χ0v) is 13.8. The Labute approximate surface area is 139 Å². The topological polar surface area (TPSA) is 59.9 Å². The number of carbonyl (C=O) groups is 1. The first-order valence-electron chi connectivity index (χ1n) is 6.87. The van der Waals surface area contributed by atoms with Gasteiger partial charge in [0.25, 0.3) is 5.91 Å². The van der Waals surface area contributed by atoms with E-state index in [1.54, 1.807) is 24.3 Å². The smallest absolute Gasteiger partial charge is 0.271 e. The van der Waals surface area contributed by atoms with Crippen molar-refractivity contribution in [2.45, 2.75) is 6.92 Å². The maximum Gasteiger partial charge on any atom is 0.271 e. The van der Waals surface area contributed by atoms with Gasteiger partial charge in [0.15, 0.2) is 0 Å². The fourth-order valence-electron chi connectivity index (χ4n) is 2.03. The molecule has 0 unspecified atom stereocenters. The largest absolute Gasteiger partial charge is 0.496 e. The predicted molar refractivity (Wildman–Crippen MR) is 90.8 cm³/mol. The molecule has 2 aromatic rings. The minimum Gasteiger partial charge on any atom is -0.496 e. The number of nitrogens with one attached hydrogen (secondary N) is 1. The molecule has 5 nitrogen and oxygen atoms in total. The summed E-state index contributed by atoms with van der Waals surface area (Å²) >= 11 is 6.09. The molecular formula is C17H17ClN2O3. The number of methoxy groups -OCH3 is 2. The van der Waals surface area contributed by atoms with Gasteiger partial charge in [0.05, 0.1) is 25.5 Å². The van der Waals surface area contributed by atoms with Crippen LogP contribution in [0.1, 0.15) is 21.5 Å². The van der Waals surface area contributed by atoms with Gasteiger partial charge < -0.3 is 9.47 Å². The fourth-order valence-corrected chi connectivity index (χ4v) is 2.28. The first-order chi connectivity index (χ1) is 11.1. The van der Waals surface area contributed by atoms with E-state index in [0.717, 1.165) is 5.56 Å². The summed E-state index contributed by atoms with van der Waals surface area (Å²) in [4.78, 5) is 12.1. The highest BCUT2D eigenvalue weighted by molar-refractivity contribution is 6.32. The Morgan fingerprint density at radius 2 is 1.87 bits per heavy atom. The molecule has 0 saturated carbocycles. The van der Waals surface area contributed by atoms with Crippen LogP contribution in [-0.4, -0.2) is 26.3 Å². The zero-order chi connectivity index (χ0) is 16.8. The van der Waals surface area contributed by atoms with Gasteiger partial charge in [-0.25, -0.2) is 5.43 Å². The van der Waals surface area contributed by atoms with Crippen LogP contribution < -0.4 is 14.9 Å². The summed E-state index contributed by atoms with van der Waals surface area (Å²) < 4.78 is 10.4. The SMILES string of the molecule is COc1cc(OC)c(/C=N\NC(=O)c2ccccc2C)cc1Cl. The van der Waals surface area contributed by atoms with Crippen LogP contribution in [0.5, 0.6) is 11.5 Å². The van der Waals surface area contributed by atoms with Crippen LogP contribution >= 0.6 is 11.6 Å². The molecule has 23 heavy (non-hydrogen) atoms. The van der Waals surface area contributed by atoms with E-state index in [-0.39, 0.29) is 5.91 Å². The summed E-state index contributed by atoms with van der Waals surface area (Å²) in [6.45, 7) is 1.87. The second-order valence-corrected chi connectivity index (χ2v) is 5.15. The third kappa shape index (κ3) is 4.02. The van der Waals surface area contributed by atoms with Crippen LogP contribution in [0.25, 0.3) is 0 Å². The van der Waals surface area contributed by atoms with Crippen LogP contribution in [0.4, 0.5) is 0 Å². The van der Waals surface area contributed by atoms with Crippen molar-refractivity contribution in [2.24, 2.45) is 5.10 Å². The number of aryl methyl sites for hydroxylation is 1. The number of carbonyl (C=O) groups excluding carboxylic acids is 1. The van der Waals surface area contributed by atoms with Crippen molar-refractivity contribution in [2.75, 3.05) is 14.2 Å². The summed E-state index contributed by atoms with van der Waals surface area (Å²) in [5.74, 6) is 0.766. The number of halogens is 1. The molecule has 1 amide bonds.